The Balaban J connectivity index is 1.90. The van der Waals surface area contributed by atoms with Crippen LogP contribution in [-0.2, 0) is 32.2 Å². The van der Waals surface area contributed by atoms with E-state index in [1.54, 1.807) is 0 Å². The van der Waals surface area contributed by atoms with Crippen LogP contribution in [0.15, 0.2) is 54.6 Å². The normalized spacial score (nSPS) is 15.1. The second kappa shape index (κ2) is 17.9. The lowest BCUT2D eigenvalue weighted by Gasteiger charge is -2.29. The van der Waals surface area contributed by atoms with Crippen LogP contribution in [0.5, 0.6) is 0 Å². The molecule has 0 aliphatic carbocycles. The number of benzene rings is 2. The summed E-state index contributed by atoms with van der Waals surface area (Å²) >= 11 is 0. The predicted octanol–water partition coefficient (Wildman–Crippen LogP) is 4.60. The van der Waals surface area contributed by atoms with E-state index in [-0.39, 0.29) is 49.3 Å². The van der Waals surface area contributed by atoms with Crippen LogP contribution < -0.4 is 21.7 Å². The van der Waals surface area contributed by atoms with Gasteiger partial charge in [0.15, 0.2) is 0 Å². The van der Waals surface area contributed by atoms with Gasteiger partial charge in [-0.2, -0.15) is 0 Å². The van der Waals surface area contributed by atoms with Crippen molar-refractivity contribution in [2.45, 2.75) is 105 Å². The Morgan fingerprint density at radius 1 is 0.867 bits per heavy atom. The molecule has 2 rings (SSSR count). The molecule has 0 aliphatic rings. The van der Waals surface area contributed by atoms with E-state index in [1.807, 2.05) is 110 Å². The highest BCUT2D eigenvalue weighted by atomic mass is 16.6. The minimum absolute atomic E-state index is 0.0834. The number of ether oxygens (including phenoxy) is 2. The summed E-state index contributed by atoms with van der Waals surface area (Å²) in [4.78, 5) is 38.5. The number of hydrogen-bond acceptors (Lipinski definition) is 7. The third-order valence-electron chi connectivity index (χ3n) is 7.45. The third-order valence-corrected chi connectivity index (χ3v) is 7.45. The first-order valence-corrected chi connectivity index (χ1v) is 15.8. The number of amides is 3. The molecule has 2 unspecified atom stereocenters. The van der Waals surface area contributed by atoms with E-state index in [9.17, 15) is 19.5 Å². The fraction of sp³-hybridized carbons (Fsp3) is 0.571. The molecule has 5 atom stereocenters. The second-order valence-corrected chi connectivity index (χ2v) is 13.4. The van der Waals surface area contributed by atoms with Gasteiger partial charge < -0.3 is 36.3 Å². The zero-order chi connectivity index (χ0) is 33.7. The van der Waals surface area contributed by atoms with E-state index in [0.717, 1.165) is 16.7 Å². The van der Waals surface area contributed by atoms with Crippen molar-refractivity contribution < 1.29 is 29.0 Å². The number of rotatable bonds is 16. The molecule has 0 bridgehead atoms. The van der Waals surface area contributed by atoms with Gasteiger partial charge in [-0.25, -0.2) is 4.79 Å². The minimum atomic E-state index is -0.989. The zero-order valence-corrected chi connectivity index (χ0v) is 28.1. The molecule has 0 radical (unpaired) electrons. The van der Waals surface area contributed by atoms with Gasteiger partial charge in [0.2, 0.25) is 11.8 Å². The van der Waals surface area contributed by atoms with Crippen LogP contribution in [0.4, 0.5) is 4.79 Å². The van der Waals surface area contributed by atoms with Gasteiger partial charge in [0.05, 0.1) is 31.4 Å². The molecule has 10 heteroatoms. The summed E-state index contributed by atoms with van der Waals surface area (Å²) in [5, 5.41) is 19.6. The molecule has 0 aliphatic heterocycles. The Kier molecular flexibility index (Phi) is 15.0. The lowest BCUT2D eigenvalue weighted by Crippen LogP contribution is -2.52. The van der Waals surface area contributed by atoms with Gasteiger partial charge in [-0.1, -0.05) is 82.3 Å². The molecule has 45 heavy (non-hydrogen) atoms. The fourth-order valence-electron chi connectivity index (χ4n) is 4.75. The molecule has 0 saturated carbocycles. The number of hydrogen-bond donors (Lipinski definition) is 5. The molecular weight excluding hydrogens is 572 g/mol. The summed E-state index contributed by atoms with van der Waals surface area (Å²) in [6, 6.07) is 15.5. The van der Waals surface area contributed by atoms with Gasteiger partial charge in [0, 0.05) is 12.5 Å². The molecular formula is C35H54N4O6. The van der Waals surface area contributed by atoms with Crippen LogP contribution in [0.1, 0.15) is 84.5 Å². The molecule has 2 aromatic rings. The molecule has 10 nitrogen and oxygen atoms in total. The molecule has 0 heterocycles. The summed E-state index contributed by atoms with van der Waals surface area (Å²) < 4.78 is 11.2. The van der Waals surface area contributed by atoms with Crippen molar-refractivity contribution in [2.75, 3.05) is 6.61 Å². The summed E-state index contributed by atoms with van der Waals surface area (Å²) in [5.74, 6) is -1.32. The summed E-state index contributed by atoms with van der Waals surface area (Å²) in [6.07, 6.45) is -1.35. The van der Waals surface area contributed by atoms with E-state index in [0.29, 0.717) is 6.54 Å². The van der Waals surface area contributed by atoms with Crippen molar-refractivity contribution >= 4 is 17.9 Å². The van der Waals surface area contributed by atoms with Gasteiger partial charge in [0.1, 0.15) is 11.6 Å². The number of aliphatic hydroxyl groups is 1. The number of alkyl carbamates (subject to hydrolysis) is 1. The Bertz CT molecular complexity index is 1210. The summed E-state index contributed by atoms with van der Waals surface area (Å²) in [7, 11) is 0. The fourth-order valence-corrected chi connectivity index (χ4v) is 4.75. The maximum atomic E-state index is 13.3. The highest BCUT2D eigenvalue weighted by molar-refractivity contribution is 5.88. The van der Waals surface area contributed by atoms with Crippen LogP contribution in [0.2, 0.25) is 0 Å². The second-order valence-electron chi connectivity index (χ2n) is 13.4. The first-order chi connectivity index (χ1) is 21.1. The van der Waals surface area contributed by atoms with Crippen molar-refractivity contribution in [2.24, 2.45) is 23.5 Å². The topological polar surface area (TPSA) is 152 Å². The molecule has 250 valence electrons. The highest BCUT2D eigenvalue weighted by Crippen LogP contribution is 2.21. The first-order valence-electron chi connectivity index (χ1n) is 15.8. The SMILES string of the molecule is CC(NC(=O)OC(C)(C)C)c1cccc(COC[C@H](N)C(O)C[C@H](C(=O)N[C@H](C(=O)NCc2ccccc2)C(C)C)C(C)C)c1. The van der Waals surface area contributed by atoms with Gasteiger partial charge >= 0.3 is 6.09 Å². The van der Waals surface area contributed by atoms with Crippen molar-refractivity contribution in [1.29, 1.82) is 0 Å². The Labute approximate surface area is 268 Å². The molecule has 0 aromatic heterocycles. The third kappa shape index (κ3) is 13.6. The number of carbonyl (C=O) groups excluding carboxylic acids is 3. The quantitative estimate of drug-likeness (QED) is 0.183. The van der Waals surface area contributed by atoms with Crippen molar-refractivity contribution in [3.05, 3.63) is 71.3 Å². The van der Waals surface area contributed by atoms with Crippen LogP contribution >= 0.6 is 0 Å². The molecule has 3 amide bonds. The van der Waals surface area contributed by atoms with E-state index in [2.05, 4.69) is 16.0 Å². The minimum Gasteiger partial charge on any atom is -0.444 e. The van der Waals surface area contributed by atoms with Gasteiger partial charge in [-0.15, -0.1) is 0 Å². The van der Waals surface area contributed by atoms with E-state index in [1.165, 1.54) is 0 Å². The first kappa shape index (κ1) is 37.7. The maximum Gasteiger partial charge on any atom is 0.408 e. The van der Waals surface area contributed by atoms with Crippen LogP contribution in [0, 0.1) is 17.8 Å². The number of nitrogens with one attached hydrogen (secondary N) is 3. The molecule has 6 N–H and O–H groups in total. The Hall–Kier alpha value is -3.47. The van der Waals surface area contributed by atoms with Gasteiger partial charge in [0.25, 0.3) is 0 Å². The van der Waals surface area contributed by atoms with Crippen LogP contribution in [-0.4, -0.2) is 53.4 Å². The number of carbonyl (C=O) groups is 3. The van der Waals surface area contributed by atoms with Gasteiger partial charge in [-0.3, -0.25) is 9.59 Å². The average Bonchev–Trinajstić information content (AvgIpc) is 2.96. The maximum absolute atomic E-state index is 13.3. The van der Waals surface area contributed by atoms with Crippen molar-refractivity contribution in [3.8, 4) is 0 Å². The predicted molar refractivity (Wildman–Crippen MR) is 176 cm³/mol. The van der Waals surface area contributed by atoms with Crippen molar-refractivity contribution in [1.82, 2.24) is 16.0 Å². The molecule has 0 fully saturated rings. The molecule has 2 aromatic carbocycles. The van der Waals surface area contributed by atoms with Crippen molar-refractivity contribution in [3.63, 3.8) is 0 Å². The van der Waals surface area contributed by atoms with E-state index >= 15 is 0 Å². The largest absolute Gasteiger partial charge is 0.444 e. The average molecular weight is 627 g/mol. The lowest BCUT2D eigenvalue weighted by molar-refractivity contribution is -0.134. The lowest BCUT2D eigenvalue weighted by atomic mass is 9.87. The van der Waals surface area contributed by atoms with Gasteiger partial charge in [-0.05, 0) is 62.6 Å². The summed E-state index contributed by atoms with van der Waals surface area (Å²) in [5.41, 5.74) is 8.44. The highest BCUT2D eigenvalue weighted by Gasteiger charge is 2.32. The van der Waals surface area contributed by atoms with E-state index < -0.39 is 35.8 Å². The van der Waals surface area contributed by atoms with Crippen LogP contribution in [0.3, 0.4) is 0 Å². The standard InChI is InChI=1S/C35H54N4O6/c1-22(2)28(32(41)39-31(23(3)4)33(42)37-19-25-13-10-9-11-14-25)18-30(40)29(36)21-44-20-26-15-12-16-27(17-26)24(5)38-34(43)45-35(6,7)8/h9-17,22-24,28-31,40H,18-21,36H2,1-8H3,(H,37,42)(H,38,43)(H,39,41)/t24?,28-,29-,30?,31-/m0/s1. The summed E-state index contributed by atoms with van der Waals surface area (Å²) in [6.45, 7) is 15.6. The Morgan fingerprint density at radius 2 is 1.51 bits per heavy atom. The number of aliphatic hydroxyl groups excluding tert-OH is 1. The van der Waals surface area contributed by atoms with Crippen LogP contribution in [0.25, 0.3) is 0 Å². The molecule has 0 saturated heterocycles. The monoisotopic (exact) mass is 626 g/mol. The van der Waals surface area contributed by atoms with E-state index in [4.69, 9.17) is 15.2 Å². The zero-order valence-electron chi connectivity index (χ0n) is 28.1. The Morgan fingerprint density at radius 3 is 2.11 bits per heavy atom. The molecule has 0 spiro atoms. The smallest absolute Gasteiger partial charge is 0.408 e. The number of nitrogens with two attached hydrogens (primary N) is 1.